The number of nitrogens with one attached hydrogen (secondary N) is 1. The predicted octanol–water partition coefficient (Wildman–Crippen LogP) is -1.55. The Labute approximate surface area is 93.0 Å². The van der Waals surface area contributed by atoms with Gasteiger partial charge in [-0.25, -0.2) is 9.59 Å². The van der Waals surface area contributed by atoms with Gasteiger partial charge in [0, 0.05) is 26.2 Å². The number of hydrogen-bond acceptors (Lipinski definition) is 5. The van der Waals surface area contributed by atoms with Gasteiger partial charge in [-0.2, -0.15) is 0 Å². The molecular formula is C9H16N2O5. The highest BCUT2D eigenvalue weighted by Crippen LogP contribution is 2.10. The molecule has 0 unspecified atom stereocenters. The first kappa shape index (κ1) is 12.9. The van der Waals surface area contributed by atoms with Gasteiger partial charge < -0.3 is 20.3 Å². The lowest BCUT2D eigenvalue weighted by Crippen LogP contribution is -2.55. The fraction of sp³-hybridized carbons (Fsp3) is 0.778. The fourth-order valence-corrected chi connectivity index (χ4v) is 1.48. The third kappa shape index (κ3) is 4.13. The second kappa shape index (κ2) is 6.41. The first-order valence-corrected chi connectivity index (χ1v) is 5.10. The second-order valence-electron chi connectivity index (χ2n) is 3.59. The van der Waals surface area contributed by atoms with Crippen molar-refractivity contribution < 1.29 is 24.5 Å². The Bertz CT molecular complexity index is 236. The number of rotatable bonds is 1. The fourth-order valence-electron chi connectivity index (χ4n) is 1.48. The lowest BCUT2D eigenvalue weighted by Gasteiger charge is -2.39. The zero-order valence-electron chi connectivity index (χ0n) is 8.89. The molecule has 0 atom stereocenters. The molecule has 3 N–H and O–H groups in total. The number of carbonyl (C=O) groups is 2. The van der Waals surface area contributed by atoms with Crippen LogP contribution in [0.5, 0.6) is 0 Å². The van der Waals surface area contributed by atoms with Gasteiger partial charge in [-0.15, -0.1) is 0 Å². The zero-order valence-corrected chi connectivity index (χ0v) is 8.89. The van der Waals surface area contributed by atoms with Crippen molar-refractivity contribution in [3.8, 4) is 0 Å². The van der Waals surface area contributed by atoms with E-state index in [4.69, 9.17) is 24.5 Å². The van der Waals surface area contributed by atoms with E-state index in [0.717, 1.165) is 32.3 Å². The van der Waals surface area contributed by atoms with E-state index in [1.54, 1.807) is 0 Å². The summed E-state index contributed by atoms with van der Waals surface area (Å²) in [6.07, 6.45) is 0. The van der Waals surface area contributed by atoms with Crippen LogP contribution in [0.2, 0.25) is 0 Å². The average Bonchev–Trinajstić information content (AvgIpc) is 2.17. The highest BCUT2D eigenvalue weighted by molar-refractivity contribution is 6.27. The van der Waals surface area contributed by atoms with Crippen molar-refractivity contribution in [2.45, 2.75) is 6.04 Å². The number of carboxylic acids is 2. The zero-order chi connectivity index (χ0) is 12.0. The predicted molar refractivity (Wildman–Crippen MR) is 54.3 cm³/mol. The normalized spacial score (nSPS) is 21.5. The van der Waals surface area contributed by atoms with Gasteiger partial charge in [-0.1, -0.05) is 0 Å². The van der Waals surface area contributed by atoms with E-state index in [2.05, 4.69) is 10.2 Å². The highest BCUT2D eigenvalue weighted by atomic mass is 16.5. The summed E-state index contributed by atoms with van der Waals surface area (Å²) in [5.74, 6) is -3.65. The Morgan fingerprint density at radius 3 is 1.94 bits per heavy atom. The number of nitrogens with zero attached hydrogens (tertiary/aromatic N) is 1. The number of carboxylic acid groups (broad SMARTS) is 2. The molecule has 2 fully saturated rings. The van der Waals surface area contributed by atoms with Gasteiger partial charge in [0.25, 0.3) is 0 Å². The summed E-state index contributed by atoms with van der Waals surface area (Å²) in [7, 11) is 0. The number of ether oxygens (including phenoxy) is 1. The monoisotopic (exact) mass is 232 g/mol. The second-order valence-corrected chi connectivity index (χ2v) is 3.59. The molecule has 0 spiro atoms. The molecule has 0 amide bonds. The van der Waals surface area contributed by atoms with Crippen LogP contribution in [0.4, 0.5) is 0 Å². The third-order valence-electron chi connectivity index (χ3n) is 2.47. The molecule has 2 aliphatic rings. The highest BCUT2D eigenvalue weighted by Gasteiger charge is 2.26. The minimum Gasteiger partial charge on any atom is -0.473 e. The van der Waals surface area contributed by atoms with E-state index in [1.807, 2.05) is 0 Å². The van der Waals surface area contributed by atoms with Gasteiger partial charge in [-0.3, -0.25) is 4.90 Å². The third-order valence-corrected chi connectivity index (χ3v) is 2.47. The first-order chi connectivity index (χ1) is 7.61. The Hall–Kier alpha value is -1.18. The van der Waals surface area contributed by atoms with Crippen molar-refractivity contribution in [2.75, 3.05) is 39.4 Å². The van der Waals surface area contributed by atoms with Gasteiger partial charge >= 0.3 is 11.9 Å². The van der Waals surface area contributed by atoms with Crippen LogP contribution in [-0.4, -0.2) is 72.5 Å². The van der Waals surface area contributed by atoms with Gasteiger partial charge in [0.1, 0.15) is 0 Å². The Balaban J connectivity index is 0.000000187. The SMILES string of the molecule is C1CN(C2COC2)CCN1.O=C(O)C(=O)O. The molecule has 2 heterocycles. The lowest BCUT2D eigenvalue weighted by molar-refractivity contribution is -0.159. The molecule has 0 bridgehead atoms. The van der Waals surface area contributed by atoms with Crippen LogP contribution in [0.25, 0.3) is 0 Å². The molecule has 92 valence electrons. The molecule has 0 aromatic rings. The minimum absolute atomic E-state index is 0.738. The molecule has 0 aromatic heterocycles. The van der Waals surface area contributed by atoms with Crippen molar-refractivity contribution in [1.82, 2.24) is 10.2 Å². The van der Waals surface area contributed by atoms with Crippen LogP contribution < -0.4 is 5.32 Å². The average molecular weight is 232 g/mol. The lowest BCUT2D eigenvalue weighted by atomic mass is 10.2. The molecule has 2 rings (SSSR count). The summed E-state index contributed by atoms with van der Waals surface area (Å²) < 4.78 is 5.13. The van der Waals surface area contributed by atoms with E-state index in [1.165, 1.54) is 13.1 Å². The van der Waals surface area contributed by atoms with Crippen molar-refractivity contribution in [3.05, 3.63) is 0 Å². The van der Waals surface area contributed by atoms with Gasteiger partial charge in [0.2, 0.25) is 0 Å². The van der Waals surface area contributed by atoms with E-state index in [-0.39, 0.29) is 0 Å². The molecule has 7 heteroatoms. The molecule has 0 aromatic carbocycles. The maximum Gasteiger partial charge on any atom is 0.414 e. The van der Waals surface area contributed by atoms with Crippen molar-refractivity contribution in [2.24, 2.45) is 0 Å². The van der Waals surface area contributed by atoms with Crippen LogP contribution in [0, 0.1) is 0 Å². The molecule has 2 aliphatic heterocycles. The number of piperazine rings is 1. The van der Waals surface area contributed by atoms with Crippen LogP contribution >= 0.6 is 0 Å². The maximum absolute atomic E-state index is 9.10. The summed E-state index contributed by atoms with van der Waals surface area (Å²) in [5.41, 5.74) is 0. The van der Waals surface area contributed by atoms with Crippen LogP contribution in [0.15, 0.2) is 0 Å². The molecule has 0 radical (unpaired) electrons. The first-order valence-electron chi connectivity index (χ1n) is 5.10. The molecule has 0 saturated carbocycles. The quantitative estimate of drug-likeness (QED) is 0.470. The smallest absolute Gasteiger partial charge is 0.414 e. The van der Waals surface area contributed by atoms with Gasteiger partial charge in [0.15, 0.2) is 0 Å². The standard InChI is InChI=1S/C7H14N2O.C2H2O4/c1-3-9(4-2-8-1)7-5-10-6-7;3-1(4)2(5)6/h7-8H,1-6H2;(H,3,4)(H,5,6). The van der Waals surface area contributed by atoms with E-state index >= 15 is 0 Å². The van der Waals surface area contributed by atoms with Crippen LogP contribution in [0.3, 0.4) is 0 Å². The summed E-state index contributed by atoms with van der Waals surface area (Å²) in [5, 5.41) is 18.1. The van der Waals surface area contributed by atoms with Crippen molar-refractivity contribution in [1.29, 1.82) is 0 Å². The van der Waals surface area contributed by atoms with Crippen molar-refractivity contribution >= 4 is 11.9 Å². The van der Waals surface area contributed by atoms with Gasteiger partial charge in [0.05, 0.1) is 19.3 Å². The van der Waals surface area contributed by atoms with E-state index < -0.39 is 11.9 Å². The Kier molecular flexibility index (Phi) is 5.17. The molecule has 7 nitrogen and oxygen atoms in total. The van der Waals surface area contributed by atoms with Gasteiger partial charge in [-0.05, 0) is 0 Å². The minimum atomic E-state index is -1.82. The summed E-state index contributed by atoms with van der Waals surface area (Å²) in [4.78, 5) is 20.7. The van der Waals surface area contributed by atoms with E-state index in [0.29, 0.717) is 0 Å². The Morgan fingerprint density at radius 2 is 1.62 bits per heavy atom. The van der Waals surface area contributed by atoms with Crippen molar-refractivity contribution in [3.63, 3.8) is 0 Å². The topological polar surface area (TPSA) is 99.1 Å². The maximum atomic E-state index is 9.10. The molecular weight excluding hydrogens is 216 g/mol. The summed E-state index contributed by atoms with van der Waals surface area (Å²) in [6.45, 7) is 6.62. The van der Waals surface area contributed by atoms with E-state index in [9.17, 15) is 0 Å². The summed E-state index contributed by atoms with van der Waals surface area (Å²) >= 11 is 0. The molecule has 0 aliphatic carbocycles. The molecule has 16 heavy (non-hydrogen) atoms. The number of aliphatic carboxylic acids is 2. The Morgan fingerprint density at radius 1 is 1.12 bits per heavy atom. The van der Waals surface area contributed by atoms with Crippen LogP contribution in [0.1, 0.15) is 0 Å². The largest absolute Gasteiger partial charge is 0.473 e. The number of hydrogen-bond donors (Lipinski definition) is 3. The van der Waals surface area contributed by atoms with Crippen LogP contribution in [-0.2, 0) is 14.3 Å². The molecule has 2 saturated heterocycles. The summed E-state index contributed by atoms with van der Waals surface area (Å²) in [6, 6.07) is 0.738.